The second-order valence-corrected chi connectivity index (χ2v) is 7.41. The van der Waals surface area contributed by atoms with Crippen molar-refractivity contribution in [2.24, 2.45) is 17.2 Å². The third kappa shape index (κ3) is 4.16. The zero-order chi connectivity index (χ0) is 15.5. The molecule has 3 N–H and O–H groups in total. The Balaban J connectivity index is 2.10. The van der Waals surface area contributed by atoms with E-state index in [9.17, 15) is 0 Å². The van der Waals surface area contributed by atoms with E-state index in [0.29, 0.717) is 11.3 Å². The van der Waals surface area contributed by atoms with Gasteiger partial charge in [0.25, 0.3) is 0 Å². The van der Waals surface area contributed by atoms with Gasteiger partial charge in [0.15, 0.2) is 0 Å². The average Bonchev–Trinajstić information content (AvgIpc) is 2.46. The molecule has 0 aromatic carbocycles. The van der Waals surface area contributed by atoms with Crippen molar-refractivity contribution in [3.8, 4) is 0 Å². The van der Waals surface area contributed by atoms with E-state index in [0.717, 1.165) is 36.1 Å². The van der Waals surface area contributed by atoms with Crippen LogP contribution in [-0.4, -0.2) is 9.97 Å². The molecule has 0 spiro atoms. The van der Waals surface area contributed by atoms with Crippen LogP contribution in [0, 0.1) is 11.3 Å². The Kier molecular flexibility index (Phi) is 5.20. The van der Waals surface area contributed by atoms with Gasteiger partial charge in [0, 0.05) is 17.7 Å². The van der Waals surface area contributed by atoms with E-state index in [1.807, 2.05) is 6.07 Å². The molecule has 1 aromatic rings. The molecule has 1 saturated carbocycles. The van der Waals surface area contributed by atoms with Crippen LogP contribution in [0.4, 0.5) is 5.82 Å². The summed E-state index contributed by atoms with van der Waals surface area (Å²) in [5, 5.41) is 0. The Morgan fingerprint density at radius 1 is 1.19 bits per heavy atom. The van der Waals surface area contributed by atoms with Gasteiger partial charge in [-0.1, -0.05) is 34.1 Å². The number of hydrogen-bond donors (Lipinski definition) is 2. The van der Waals surface area contributed by atoms with E-state index in [1.165, 1.54) is 25.7 Å². The second-order valence-electron chi connectivity index (χ2n) is 7.41. The molecule has 0 bridgehead atoms. The highest BCUT2D eigenvalue weighted by Gasteiger charge is 2.31. The first-order valence-electron chi connectivity index (χ1n) is 8.28. The lowest BCUT2D eigenvalue weighted by atomic mass is 9.69. The topological polar surface area (TPSA) is 63.8 Å². The van der Waals surface area contributed by atoms with Crippen LogP contribution >= 0.6 is 0 Å². The van der Waals surface area contributed by atoms with Crippen molar-refractivity contribution in [2.75, 3.05) is 5.43 Å². The number of nitrogens with zero attached hydrogens (tertiary/aromatic N) is 2. The van der Waals surface area contributed by atoms with Crippen molar-refractivity contribution in [2.45, 2.75) is 72.1 Å². The Hall–Kier alpha value is -1.16. The van der Waals surface area contributed by atoms with E-state index in [1.54, 1.807) is 0 Å². The van der Waals surface area contributed by atoms with Crippen LogP contribution in [0.5, 0.6) is 0 Å². The minimum Gasteiger partial charge on any atom is -0.308 e. The summed E-state index contributed by atoms with van der Waals surface area (Å²) in [5.41, 5.74) is 4.21. The monoisotopic (exact) mass is 290 g/mol. The lowest BCUT2D eigenvalue weighted by molar-refractivity contribution is 0.167. The summed E-state index contributed by atoms with van der Waals surface area (Å²) >= 11 is 0. The molecule has 0 atom stereocenters. The minimum absolute atomic E-state index is 0.417. The van der Waals surface area contributed by atoms with E-state index in [2.05, 4.69) is 38.1 Å². The lowest BCUT2D eigenvalue weighted by Gasteiger charge is -2.36. The Bertz CT molecular complexity index is 456. The van der Waals surface area contributed by atoms with Gasteiger partial charge in [0.05, 0.1) is 0 Å². The molecule has 2 rings (SSSR count). The number of nitrogens with one attached hydrogen (secondary N) is 1. The van der Waals surface area contributed by atoms with Gasteiger partial charge in [-0.05, 0) is 43.4 Å². The fraction of sp³-hybridized carbons (Fsp3) is 0.765. The van der Waals surface area contributed by atoms with Crippen LogP contribution in [0.1, 0.15) is 77.2 Å². The predicted molar refractivity (Wildman–Crippen MR) is 88.0 cm³/mol. The highest BCUT2D eigenvalue weighted by molar-refractivity contribution is 5.35. The van der Waals surface area contributed by atoms with Gasteiger partial charge in [-0.25, -0.2) is 15.8 Å². The summed E-state index contributed by atoms with van der Waals surface area (Å²) in [6.45, 7) is 9.23. The summed E-state index contributed by atoms with van der Waals surface area (Å²) in [6, 6.07) is 1.97. The number of nitrogen functional groups attached to an aromatic ring is 1. The van der Waals surface area contributed by atoms with E-state index in [4.69, 9.17) is 10.8 Å². The molecular weight excluding hydrogens is 260 g/mol. The number of hydrazine groups is 1. The maximum Gasteiger partial charge on any atom is 0.143 e. The molecule has 4 nitrogen and oxygen atoms in total. The quantitative estimate of drug-likeness (QED) is 0.649. The van der Waals surface area contributed by atoms with Gasteiger partial charge in [-0.3, -0.25) is 0 Å². The number of aromatic nitrogens is 2. The molecule has 0 unspecified atom stereocenters. The van der Waals surface area contributed by atoms with Gasteiger partial charge in [0.2, 0.25) is 0 Å². The second kappa shape index (κ2) is 6.73. The molecular formula is C17H30N4. The molecule has 1 heterocycles. The maximum atomic E-state index is 5.55. The van der Waals surface area contributed by atoms with Crippen LogP contribution in [-0.2, 0) is 6.42 Å². The Morgan fingerprint density at radius 3 is 2.38 bits per heavy atom. The number of nitrogens with two attached hydrogens (primary N) is 1. The smallest absolute Gasteiger partial charge is 0.143 e. The molecule has 21 heavy (non-hydrogen) atoms. The van der Waals surface area contributed by atoms with Crippen molar-refractivity contribution < 1.29 is 0 Å². The van der Waals surface area contributed by atoms with E-state index in [-0.39, 0.29) is 0 Å². The fourth-order valence-electron chi connectivity index (χ4n) is 3.38. The first-order chi connectivity index (χ1) is 9.94. The third-order valence-corrected chi connectivity index (χ3v) is 4.77. The van der Waals surface area contributed by atoms with Crippen molar-refractivity contribution >= 4 is 5.82 Å². The molecule has 1 aliphatic rings. The normalized spacial score (nSPS) is 23.1. The summed E-state index contributed by atoms with van der Waals surface area (Å²) in [6.07, 6.45) is 7.03. The number of hydrogen-bond acceptors (Lipinski definition) is 4. The molecule has 0 aliphatic heterocycles. The first-order valence-corrected chi connectivity index (χ1v) is 8.28. The van der Waals surface area contributed by atoms with Gasteiger partial charge in [-0.15, -0.1) is 0 Å². The van der Waals surface area contributed by atoms with E-state index >= 15 is 0 Å². The number of rotatable bonds is 4. The molecule has 1 aromatic heterocycles. The largest absolute Gasteiger partial charge is 0.308 e. The standard InChI is InChI=1S/C17H30N4/c1-5-6-14-11-15(21-18)20-16(19-14)12-7-9-13(10-8-12)17(2,3)4/h11-13H,5-10,18H2,1-4H3,(H,19,20,21). The summed E-state index contributed by atoms with van der Waals surface area (Å²) in [5.74, 6) is 8.60. The zero-order valence-electron chi connectivity index (χ0n) is 13.9. The summed E-state index contributed by atoms with van der Waals surface area (Å²) < 4.78 is 0. The SMILES string of the molecule is CCCc1cc(NN)nc(C2CCC(C(C)(C)C)CC2)n1. The van der Waals surface area contributed by atoms with E-state index < -0.39 is 0 Å². The molecule has 0 radical (unpaired) electrons. The van der Waals surface area contributed by atoms with Crippen LogP contribution in [0.25, 0.3) is 0 Å². The average molecular weight is 290 g/mol. The van der Waals surface area contributed by atoms with Gasteiger partial charge >= 0.3 is 0 Å². The fourth-order valence-corrected chi connectivity index (χ4v) is 3.38. The first kappa shape index (κ1) is 16.2. The Labute approximate surface area is 128 Å². The van der Waals surface area contributed by atoms with Crippen molar-refractivity contribution in [3.63, 3.8) is 0 Å². The van der Waals surface area contributed by atoms with Crippen molar-refractivity contribution in [1.82, 2.24) is 9.97 Å². The third-order valence-electron chi connectivity index (χ3n) is 4.77. The number of aryl methyl sites for hydroxylation is 1. The van der Waals surface area contributed by atoms with Crippen LogP contribution < -0.4 is 11.3 Å². The van der Waals surface area contributed by atoms with Crippen molar-refractivity contribution in [1.29, 1.82) is 0 Å². The Morgan fingerprint density at radius 2 is 1.86 bits per heavy atom. The highest BCUT2D eigenvalue weighted by Crippen LogP contribution is 2.42. The molecule has 4 heteroatoms. The number of anilines is 1. The molecule has 118 valence electrons. The van der Waals surface area contributed by atoms with Crippen LogP contribution in [0.3, 0.4) is 0 Å². The summed E-state index contributed by atoms with van der Waals surface area (Å²) in [7, 11) is 0. The van der Waals surface area contributed by atoms with Gasteiger partial charge in [0.1, 0.15) is 11.6 Å². The zero-order valence-corrected chi connectivity index (χ0v) is 13.9. The molecule has 0 saturated heterocycles. The minimum atomic E-state index is 0.417. The highest BCUT2D eigenvalue weighted by atomic mass is 15.3. The molecule has 1 aliphatic carbocycles. The summed E-state index contributed by atoms with van der Waals surface area (Å²) in [4.78, 5) is 9.37. The van der Waals surface area contributed by atoms with Crippen LogP contribution in [0.15, 0.2) is 6.07 Å². The van der Waals surface area contributed by atoms with Crippen LogP contribution in [0.2, 0.25) is 0 Å². The predicted octanol–water partition coefficient (Wildman–Crippen LogP) is 4.03. The van der Waals surface area contributed by atoms with Gasteiger partial charge in [-0.2, -0.15) is 0 Å². The van der Waals surface area contributed by atoms with Gasteiger partial charge < -0.3 is 5.43 Å². The molecule has 1 fully saturated rings. The lowest BCUT2D eigenvalue weighted by Crippen LogP contribution is -2.26. The molecule has 0 amide bonds. The maximum absolute atomic E-state index is 5.55. The van der Waals surface area contributed by atoms with Crippen molar-refractivity contribution in [3.05, 3.63) is 17.6 Å².